The third-order valence-electron chi connectivity index (χ3n) is 6.50. The van der Waals surface area contributed by atoms with Crippen molar-refractivity contribution in [3.8, 4) is 23.8 Å². The van der Waals surface area contributed by atoms with Gasteiger partial charge in [-0.05, 0) is 36.8 Å². The lowest BCUT2D eigenvalue weighted by molar-refractivity contribution is -0.130. The maximum atomic E-state index is 14.1. The molecule has 1 saturated heterocycles. The lowest BCUT2D eigenvalue weighted by atomic mass is 9.94. The van der Waals surface area contributed by atoms with Crippen molar-refractivity contribution >= 4 is 22.9 Å². The maximum Gasteiger partial charge on any atom is 0.312 e. The monoisotopic (exact) mass is 464 g/mol. The number of terminal acetylenes is 1. The van der Waals surface area contributed by atoms with Crippen LogP contribution in [0.1, 0.15) is 43.1 Å². The van der Waals surface area contributed by atoms with Gasteiger partial charge in [0.15, 0.2) is 28.5 Å². The van der Waals surface area contributed by atoms with E-state index in [-0.39, 0.29) is 18.5 Å². The minimum atomic E-state index is -0.898. The SMILES string of the molecule is C#Cc1cc2c(cc1Cc1nc3c(N)nc(F)nc3n1CCC1CCCN(C(C)=O)C1)OCO2. The van der Waals surface area contributed by atoms with Gasteiger partial charge in [-0.2, -0.15) is 14.4 Å². The Kier molecular flexibility index (Phi) is 5.69. The number of carbonyl (C=O) groups is 1. The third-order valence-corrected chi connectivity index (χ3v) is 6.50. The summed E-state index contributed by atoms with van der Waals surface area (Å²) in [5.74, 6) is 4.98. The second kappa shape index (κ2) is 8.82. The van der Waals surface area contributed by atoms with Gasteiger partial charge >= 0.3 is 6.08 Å². The van der Waals surface area contributed by atoms with Gasteiger partial charge in [0.05, 0.1) is 0 Å². The Hall–Kier alpha value is -3.87. The van der Waals surface area contributed by atoms with Crippen LogP contribution in [-0.2, 0) is 17.8 Å². The first-order valence-corrected chi connectivity index (χ1v) is 11.3. The number of amides is 1. The minimum absolute atomic E-state index is 0.00854. The molecule has 1 amide bonds. The smallest absolute Gasteiger partial charge is 0.312 e. The Labute approximate surface area is 196 Å². The van der Waals surface area contributed by atoms with Crippen LogP contribution in [0, 0.1) is 24.3 Å². The van der Waals surface area contributed by atoms with Crippen LogP contribution in [0.4, 0.5) is 10.2 Å². The number of imidazole rings is 1. The van der Waals surface area contributed by atoms with E-state index in [1.54, 1.807) is 13.0 Å². The van der Waals surface area contributed by atoms with Gasteiger partial charge in [-0.1, -0.05) is 5.92 Å². The van der Waals surface area contributed by atoms with E-state index in [0.717, 1.165) is 31.4 Å². The average Bonchev–Trinajstić information content (AvgIpc) is 3.41. The molecule has 3 aromatic rings. The highest BCUT2D eigenvalue weighted by Gasteiger charge is 2.24. The van der Waals surface area contributed by atoms with Gasteiger partial charge in [0.1, 0.15) is 5.82 Å². The lowest BCUT2D eigenvalue weighted by Crippen LogP contribution is -2.38. The van der Waals surface area contributed by atoms with Crippen LogP contribution in [0.2, 0.25) is 0 Å². The summed E-state index contributed by atoms with van der Waals surface area (Å²) in [5, 5.41) is 0. The Morgan fingerprint density at radius 1 is 1.29 bits per heavy atom. The molecule has 2 aliphatic heterocycles. The number of aryl methyl sites for hydroxylation is 1. The number of anilines is 1. The summed E-state index contributed by atoms with van der Waals surface area (Å²) in [5.41, 5.74) is 8.17. The van der Waals surface area contributed by atoms with Crippen molar-refractivity contribution in [1.82, 2.24) is 24.4 Å². The van der Waals surface area contributed by atoms with Crippen molar-refractivity contribution in [3.05, 3.63) is 35.2 Å². The van der Waals surface area contributed by atoms with Gasteiger partial charge in [0, 0.05) is 44.6 Å². The topological polar surface area (TPSA) is 108 Å². The highest BCUT2D eigenvalue weighted by molar-refractivity contribution is 5.82. The van der Waals surface area contributed by atoms with Crippen LogP contribution in [0.3, 0.4) is 0 Å². The van der Waals surface area contributed by atoms with E-state index in [4.69, 9.17) is 21.6 Å². The number of rotatable bonds is 5. The number of halogens is 1. The van der Waals surface area contributed by atoms with Crippen LogP contribution in [-0.4, -0.2) is 50.2 Å². The molecule has 5 rings (SSSR count). The number of piperidine rings is 1. The first kappa shape index (κ1) is 21.9. The first-order chi connectivity index (χ1) is 16.4. The van der Waals surface area contributed by atoms with E-state index in [1.807, 2.05) is 15.5 Å². The molecule has 34 heavy (non-hydrogen) atoms. The van der Waals surface area contributed by atoms with Gasteiger partial charge in [-0.15, -0.1) is 6.42 Å². The molecule has 1 aromatic carbocycles. The van der Waals surface area contributed by atoms with Gasteiger partial charge in [0.25, 0.3) is 0 Å². The molecule has 2 aliphatic rings. The number of likely N-dealkylation sites (tertiary alicyclic amines) is 1. The molecule has 9 nitrogen and oxygen atoms in total. The molecular formula is C24H25FN6O3. The summed E-state index contributed by atoms with van der Waals surface area (Å²) in [6.07, 6.45) is 8.01. The zero-order valence-electron chi connectivity index (χ0n) is 18.9. The van der Waals surface area contributed by atoms with Crippen molar-refractivity contribution in [2.24, 2.45) is 5.92 Å². The van der Waals surface area contributed by atoms with Gasteiger partial charge in [0.2, 0.25) is 12.7 Å². The van der Waals surface area contributed by atoms with Crippen molar-refractivity contribution in [1.29, 1.82) is 0 Å². The maximum absolute atomic E-state index is 14.1. The van der Waals surface area contributed by atoms with Crippen LogP contribution in [0.5, 0.6) is 11.5 Å². The summed E-state index contributed by atoms with van der Waals surface area (Å²) < 4.78 is 26.9. The molecule has 2 aromatic heterocycles. The second-order valence-electron chi connectivity index (χ2n) is 8.68. The quantitative estimate of drug-likeness (QED) is 0.457. The Morgan fingerprint density at radius 3 is 2.85 bits per heavy atom. The average molecular weight is 465 g/mol. The highest BCUT2D eigenvalue weighted by Crippen LogP contribution is 2.35. The lowest BCUT2D eigenvalue weighted by Gasteiger charge is -2.32. The minimum Gasteiger partial charge on any atom is -0.454 e. The summed E-state index contributed by atoms with van der Waals surface area (Å²) in [7, 11) is 0. The molecule has 176 valence electrons. The van der Waals surface area contributed by atoms with Gasteiger partial charge in [-0.3, -0.25) is 4.79 Å². The number of aromatic nitrogens is 4. The molecule has 10 heteroatoms. The molecule has 0 radical (unpaired) electrons. The number of ether oxygens (including phenoxy) is 2. The zero-order valence-corrected chi connectivity index (χ0v) is 18.9. The van der Waals surface area contributed by atoms with E-state index in [9.17, 15) is 9.18 Å². The van der Waals surface area contributed by atoms with Crippen molar-refractivity contribution in [3.63, 3.8) is 0 Å². The molecule has 0 saturated carbocycles. The van der Waals surface area contributed by atoms with E-state index in [1.165, 1.54) is 0 Å². The second-order valence-corrected chi connectivity index (χ2v) is 8.68. The Balaban J connectivity index is 1.49. The number of nitrogen functional groups attached to an aromatic ring is 1. The van der Waals surface area contributed by atoms with Gasteiger partial charge < -0.3 is 24.7 Å². The Morgan fingerprint density at radius 2 is 2.09 bits per heavy atom. The van der Waals surface area contributed by atoms with Crippen LogP contribution < -0.4 is 15.2 Å². The fraction of sp³-hybridized carbons (Fsp3) is 0.417. The summed E-state index contributed by atoms with van der Waals surface area (Å²) in [4.78, 5) is 26.0. The number of hydrogen-bond acceptors (Lipinski definition) is 7. The summed E-state index contributed by atoms with van der Waals surface area (Å²) in [6, 6.07) is 3.62. The summed E-state index contributed by atoms with van der Waals surface area (Å²) >= 11 is 0. The number of carbonyl (C=O) groups excluding carboxylic acids is 1. The first-order valence-electron chi connectivity index (χ1n) is 11.3. The number of hydrogen-bond donors (Lipinski definition) is 1. The van der Waals surface area contributed by atoms with E-state index >= 15 is 0 Å². The molecule has 1 atom stereocenters. The molecule has 0 aliphatic carbocycles. The number of fused-ring (bicyclic) bond motifs is 2. The fourth-order valence-corrected chi connectivity index (χ4v) is 4.74. The predicted octanol–water partition coefficient (Wildman–Crippen LogP) is 2.50. The van der Waals surface area contributed by atoms with Crippen molar-refractivity contribution in [2.45, 2.75) is 39.2 Å². The van der Waals surface area contributed by atoms with E-state index < -0.39 is 6.08 Å². The summed E-state index contributed by atoms with van der Waals surface area (Å²) in [6.45, 7) is 3.80. The molecular weight excluding hydrogens is 439 g/mol. The number of benzene rings is 1. The van der Waals surface area contributed by atoms with Crippen LogP contribution in [0.15, 0.2) is 12.1 Å². The van der Waals surface area contributed by atoms with Crippen molar-refractivity contribution < 1.29 is 18.7 Å². The van der Waals surface area contributed by atoms with E-state index in [2.05, 4.69) is 20.9 Å². The van der Waals surface area contributed by atoms with E-state index in [0.29, 0.717) is 59.5 Å². The molecule has 1 fully saturated rings. The largest absolute Gasteiger partial charge is 0.454 e. The Bertz CT molecular complexity index is 1310. The number of nitrogens with zero attached hydrogens (tertiary/aromatic N) is 5. The fourth-order valence-electron chi connectivity index (χ4n) is 4.74. The molecule has 2 N–H and O–H groups in total. The zero-order chi connectivity index (χ0) is 23.8. The number of nitrogens with two attached hydrogens (primary N) is 1. The predicted molar refractivity (Wildman–Crippen MR) is 123 cm³/mol. The van der Waals surface area contributed by atoms with Gasteiger partial charge in [-0.25, -0.2) is 4.98 Å². The molecule has 0 spiro atoms. The molecule has 1 unspecified atom stereocenters. The third kappa shape index (κ3) is 4.09. The van der Waals surface area contributed by atoms with Crippen molar-refractivity contribution in [2.75, 3.05) is 25.6 Å². The normalized spacial score (nSPS) is 17.2. The molecule has 0 bridgehead atoms. The molecule has 4 heterocycles. The highest BCUT2D eigenvalue weighted by atomic mass is 19.1. The van der Waals surface area contributed by atoms with Crippen LogP contribution in [0.25, 0.3) is 11.2 Å². The van der Waals surface area contributed by atoms with Crippen LogP contribution >= 0.6 is 0 Å². The standard InChI is InChI=1S/C24H25FN6O3/c1-3-16-9-18-19(34-13-33-18)10-17(16)11-20-27-21-22(26)28-24(25)29-23(21)31(20)8-6-15-5-4-7-30(12-15)14(2)32/h1,9-10,15H,4-8,11-13H2,2H3,(H2,26,28,29).